The van der Waals surface area contributed by atoms with Crippen molar-refractivity contribution in [1.82, 2.24) is 9.97 Å². The monoisotopic (exact) mass is 231 g/mol. The minimum atomic E-state index is 0.484. The summed E-state index contributed by atoms with van der Waals surface area (Å²) >= 11 is 6.02. The van der Waals surface area contributed by atoms with Crippen LogP contribution in [0, 0.1) is 0 Å². The molecule has 0 unspecified atom stereocenters. The molecule has 2 heterocycles. The first-order valence-corrected chi connectivity index (χ1v) is 5.13. The number of hydrogen-bond donors (Lipinski definition) is 1. The van der Waals surface area contributed by atoms with Gasteiger partial charge in [-0.2, -0.15) is 0 Å². The molecule has 0 saturated heterocycles. The topological polar surface area (TPSA) is 37.8 Å². The Balaban J connectivity index is 2.44. The molecule has 80 valence electrons. The fourth-order valence-corrected chi connectivity index (χ4v) is 1.61. The maximum atomic E-state index is 6.02. The first-order chi connectivity index (χ1) is 7.81. The Morgan fingerprint density at radius 3 is 2.88 bits per heavy atom. The van der Waals surface area contributed by atoms with E-state index in [0.29, 0.717) is 5.15 Å². The van der Waals surface area contributed by atoms with Crippen LogP contribution in [-0.2, 0) is 0 Å². The van der Waals surface area contributed by atoms with E-state index in [-0.39, 0.29) is 0 Å². The fraction of sp³-hybridized carbons (Fsp3) is 0. The van der Waals surface area contributed by atoms with E-state index >= 15 is 0 Å². The van der Waals surface area contributed by atoms with Gasteiger partial charge in [0.2, 0.25) is 0 Å². The van der Waals surface area contributed by atoms with Crippen LogP contribution in [0.2, 0.25) is 5.15 Å². The lowest BCUT2D eigenvalue weighted by molar-refractivity contribution is 1.29. The summed E-state index contributed by atoms with van der Waals surface area (Å²) in [4.78, 5) is 8.17. The molecule has 0 spiro atoms. The van der Waals surface area contributed by atoms with Crippen molar-refractivity contribution in [3.05, 3.63) is 54.6 Å². The fourth-order valence-electron chi connectivity index (χ4n) is 1.38. The van der Waals surface area contributed by atoms with E-state index in [2.05, 4.69) is 21.9 Å². The molecule has 0 aliphatic heterocycles. The van der Waals surface area contributed by atoms with E-state index < -0.39 is 0 Å². The molecule has 0 radical (unpaired) electrons. The summed E-state index contributed by atoms with van der Waals surface area (Å²) in [6.07, 6.45) is 4.96. The van der Waals surface area contributed by atoms with Crippen molar-refractivity contribution >= 4 is 17.4 Å². The van der Waals surface area contributed by atoms with Crippen LogP contribution in [0.25, 0.3) is 11.1 Å². The Kier molecular flexibility index (Phi) is 3.17. The Hall–Kier alpha value is -1.87. The van der Waals surface area contributed by atoms with Crippen LogP contribution in [0.3, 0.4) is 0 Å². The highest BCUT2D eigenvalue weighted by atomic mass is 35.5. The summed E-state index contributed by atoms with van der Waals surface area (Å²) in [7, 11) is 0. The van der Waals surface area contributed by atoms with Crippen LogP contribution in [0.4, 0.5) is 5.82 Å². The average Bonchev–Trinajstić information content (AvgIpc) is 2.30. The molecule has 1 N–H and O–H groups in total. The van der Waals surface area contributed by atoms with E-state index in [1.165, 1.54) is 0 Å². The number of pyridine rings is 2. The number of nitrogens with zero attached hydrogens (tertiary/aromatic N) is 2. The lowest BCUT2D eigenvalue weighted by Gasteiger charge is -2.05. The standard InChI is InChI=1S/C12H10ClN3/c1-2-14-11-8-9(5-7-15-11)10-4-3-6-16-12(10)13/h2-8H,1H2,(H,14,15). The summed E-state index contributed by atoms with van der Waals surface area (Å²) < 4.78 is 0. The summed E-state index contributed by atoms with van der Waals surface area (Å²) in [5.74, 6) is 0.729. The second-order valence-corrected chi connectivity index (χ2v) is 3.48. The van der Waals surface area contributed by atoms with Crippen molar-refractivity contribution in [1.29, 1.82) is 0 Å². The molecule has 0 amide bonds. The number of hydrogen-bond acceptors (Lipinski definition) is 3. The zero-order valence-corrected chi connectivity index (χ0v) is 9.28. The molecule has 0 atom stereocenters. The first kappa shape index (κ1) is 10.6. The summed E-state index contributed by atoms with van der Waals surface area (Å²) in [5.41, 5.74) is 1.86. The Labute approximate surface area is 98.8 Å². The van der Waals surface area contributed by atoms with Crippen LogP contribution in [0.5, 0.6) is 0 Å². The molecule has 0 saturated carbocycles. The number of nitrogens with one attached hydrogen (secondary N) is 1. The highest BCUT2D eigenvalue weighted by Crippen LogP contribution is 2.26. The third-order valence-electron chi connectivity index (χ3n) is 2.08. The largest absolute Gasteiger partial charge is 0.347 e. The Morgan fingerprint density at radius 1 is 1.25 bits per heavy atom. The van der Waals surface area contributed by atoms with Gasteiger partial charge in [-0.05, 0) is 36.0 Å². The predicted molar refractivity (Wildman–Crippen MR) is 66.3 cm³/mol. The molecular weight excluding hydrogens is 222 g/mol. The highest BCUT2D eigenvalue weighted by Gasteiger charge is 2.04. The van der Waals surface area contributed by atoms with Crippen molar-refractivity contribution in [2.45, 2.75) is 0 Å². The molecule has 16 heavy (non-hydrogen) atoms. The van der Waals surface area contributed by atoms with Gasteiger partial charge in [-0.3, -0.25) is 0 Å². The number of aromatic nitrogens is 2. The maximum absolute atomic E-state index is 6.02. The SMILES string of the molecule is C=CNc1cc(-c2cccnc2Cl)ccn1. The van der Waals surface area contributed by atoms with Crippen molar-refractivity contribution < 1.29 is 0 Å². The van der Waals surface area contributed by atoms with Gasteiger partial charge in [0, 0.05) is 18.0 Å². The average molecular weight is 232 g/mol. The molecule has 2 aromatic rings. The number of anilines is 1. The van der Waals surface area contributed by atoms with Gasteiger partial charge in [-0.15, -0.1) is 0 Å². The molecular formula is C12H10ClN3. The van der Waals surface area contributed by atoms with Crippen molar-refractivity contribution in [2.75, 3.05) is 5.32 Å². The van der Waals surface area contributed by atoms with Crippen LogP contribution in [0.15, 0.2) is 49.4 Å². The molecule has 2 aromatic heterocycles. The number of rotatable bonds is 3. The van der Waals surface area contributed by atoms with Gasteiger partial charge in [-0.1, -0.05) is 18.2 Å². The summed E-state index contributed by atoms with van der Waals surface area (Å²) in [6.45, 7) is 3.59. The maximum Gasteiger partial charge on any atom is 0.136 e. The first-order valence-electron chi connectivity index (χ1n) is 4.75. The van der Waals surface area contributed by atoms with Gasteiger partial charge in [0.15, 0.2) is 0 Å². The quantitative estimate of drug-likeness (QED) is 0.824. The molecule has 0 aliphatic carbocycles. The van der Waals surface area contributed by atoms with E-state index in [9.17, 15) is 0 Å². The zero-order chi connectivity index (χ0) is 11.4. The highest BCUT2D eigenvalue weighted by molar-refractivity contribution is 6.32. The molecule has 0 aromatic carbocycles. The van der Waals surface area contributed by atoms with E-state index in [1.54, 1.807) is 18.6 Å². The van der Waals surface area contributed by atoms with Gasteiger partial charge >= 0.3 is 0 Å². The normalized spacial score (nSPS) is 9.81. The second kappa shape index (κ2) is 4.77. The van der Waals surface area contributed by atoms with E-state index in [4.69, 9.17) is 11.6 Å². The molecule has 3 nitrogen and oxygen atoms in total. The van der Waals surface area contributed by atoms with Crippen molar-refractivity contribution in [3.8, 4) is 11.1 Å². The summed E-state index contributed by atoms with van der Waals surface area (Å²) in [6, 6.07) is 7.55. The van der Waals surface area contributed by atoms with Gasteiger partial charge in [0.05, 0.1) is 0 Å². The Bertz CT molecular complexity index is 511. The smallest absolute Gasteiger partial charge is 0.136 e. The zero-order valence-electron chi connectivity index (χ0n) is 8.52. The van der Waals surface area contributed by atoms with Gasteiger partial charge in [0.1, 0.15) is 11.0 Å². The lowest BCUT2D eigenvalue weighted by Crippen LogP contribution is -1.91. The van der Waals surface area contributed by atoms with Gasteiger partial charge in [0.25, 0.3) is 0 Å². The van der Waals surface area contributed by atoms with Crippen LogP contribution >= 0.6 is 11.6 Å². The third kappa shape index (κ3) is 2.20. The lowest BCUT2D eigenvalue weighted by atomic mass is 10.1. The van der Waals surface area contributed by atoms with Gasteiger partial charge in [-0.25, -0.2) is 9.97 Å². The molecule has 0 aliphatic rings. The molecule has 4 heteroatoms. The molecule has 0 fully saturated rings. The third-order valence-corrected chi connectivity index (χ3v) is 2.38. The van der Waals surface area contributed by atoms with Gasteiger partial charge < -0.3 is 5.32 Å². The van der Waals surface area contributed by atoms with Crippen LogP contribution < -0.4 is 5.32 Å². The second-order valence-electron chi connectivity index (χ2n) is 3.12. The molecule has 2 rings (SSSR count). The van der Waals surface area contributed by atoms with E-state index in [0.717, 1.165) is 16.9 Å². The minimum Gasteiger partial charge on any atom is -0.347 e. The van der Waals surface area contributed by atoms with Crippen molar-refractivity contribution in [2.24, 2.45) is 0 Å². The van der Waals surface area contributed by atoms with Crippen LogP contribution in [-0.4, -0.2) is 9.97 Å². The predicted octanol–water partition coefficient (Wildman–Crippen LogP) is 3.35. The summed E-state index contributed by atoms with van der Waals surface area (Å²) in [5, 5.41) is 3.41. The van der Waals surface area contributed by atoms with Crippen LogP contribution in [0.1, 0.15) is 0 Å². The molecule has 0 bridgehead atoms. The van der Waals surface area contributed by atoms with E-state index in [1.807, 2.05) is 24.3 Å². The Morgan fingerprint density at radius 2 is 2.12 bits per heavy atom. The van der Waals surface area contributed by atoms with Crippen molar-refractivity contribution in [3.63, 3.8) is 0 Å². The number of halogens is 1. The minimum absolute atomic E-state index is 0.484.